The van der Waals surface area contributed by atoms with E-state index in [2.05, 4.69) is 15.6 Å². The first-order valence-corrected chi connectivity index (χ1v) is 8.12. The van der Waals surface area contributed by atoms with Crippen molar-refractivity contribution in [1.29, 1.82) is 0 Å². The number of nitrogens with zero attached hydrogens (tertiary/aromatic N) is 2. The van der Waals surface area contributed by atoms with Crippen molar-refractivity contribution in [2.45, 2.75) is 6.92 Å². The Morgan fingerprint density at radius 3 is 2.69 bits per heavy atom. The number of nitrogens with one attached hydrogen (secondary N) is 2. The minimum atomic E-state index is -0.381. The lowest BCUT2D eigenvalue weighted by Crippen LogP contribution is -2.31. The van der Waals surface area contributed by atoms with E-state index >= 15 is 0 Å². The Bertz CT molecular complexity index is 912. The zero-order chi connectivity index (χ0) is 18.7. The van der Waals surface area contributed by atoms with Crippen LogP contribution in [-0.2, 0) is 9.59 Å². The standard InChI is InChI=1S/C18H15ClN4O3/c1-11(24)23-10-14(8-17(23)25)21-12-4-5-16(19)15(7-12)18(26)22-13-3-2-6-20-9-13/h2-9,21H,10H2,1H3,(H,22,26). The van der Waals surface area contributed by atoms with Crippen molar-refractivity contribution in [3.8, 4) is 0 Å². The molecule has 8 heteroatoms. The Morgan fingerprint density at radius 2 is 2.04 bits per heavy atom. The summed E-state index contributed by atoms with van der Waals surface area (Å²) in [6, 6.07) is 8.27. The molecule has 0 unspecified atom stereocenters. The predicted octanol–water partition coefficient (Wildman–Crippen LogP) is 2.67. The van der Waals surface area contributed by atoms with Crippen molar-refractivity contribution in [2.24, 2.45) is 0 Å². The van der Waals surface area contributed by atoms with E-state index < -0.39 is 0 Å². The first-order chi connectivity index (χ1) is 12.4. The molecule has 0 aliphatic carbocycles. The first-order valence-electron chi connectivity index (χ1n) is 7.74. The van der Waals surface area contributed by atoms with Crippen molar-refractivity contribution in [3.63, 3.8) is 0 Å². The lowest BCUT2D eigenvalue weighted by molar-refractivity contribution is -0.138. The average molecular weight is 371 g/mol. The smallest absolute Gasteiger partial charge is 0.257 e. The Balaban J connectivity index is 1.76. The highest BCUT2D eigenvalue weighted by molar-refractivity contribution is 6.34. The van der Waals surface area contributed by atoms with Gasteiger partial charge in [-0.15, -0.1) is 0 Å². The van der Waals surface area contributed by atoms with Gasteiger partial charge in [0.1, 0.15) is 0 Å². The number of rotatable bonds is 4. The van der Waals surface area contributed by atoms with Crippen LogP contribution in [0.3, 0.4) is 0 Å². The van der Waals surface area contributed by atoms with Crippen LogP contribution in [0.15, 0.2) is 54.5 Å². The van der Waals surface area contributed by atoms with Gasteiger partial charge in [-0.25, -0.2) is 0 Å². The van der Waals surface area contributed by atoms with Crippen LogP contribution in [0, 0.1) is 0 Å². The van der Waals surface area contributed by atoms with Crippen LogP contribution in [0.25, 0.3) is 0 Å². The van der Waals surface area contributed by atoms with Crippen LogP contribution < -0.4 is 10.6 Å². The molecule has 0 saturated heterocycles. The summed E-state index contributed by atoms with van der Waals surface area (Å²) in [5.74, 6) is -1.08. The highest BCUT2D eigenvalue weighted by atomic mass is 35.5. The van der Waals surface area contributed by atoms with E-state index in [1.807, 2.05) is 0 Å². The fraction of sp³-hybridized carbons (Fsp3) is 0.111. The number of imide groups is 1. The zero-order valence-corrected chi connectivity index (χ0v) is 14.6. The number of pyridine rings is 1. The quantitative estimate of drug-likeness (QED) is 0.863. The predicted molar refractivity (Wildman–Crippen MR) is 97.7 cm³/mol. The van der Waals surface area contributed by atoms with Crippen LogP contribution >= 0.6 is 11.6 Å². The van der Waals surface area contributed by atoms with Crippen molar-refractivity contribution in [2.75, 3.05) is 17.2 Å². The van der Waals surface area contributed by atoms with Crippen molar-refractivity contribution in [3.05, 3.63) is 65.1 Å². The molecule has 26 heavy (non-hydrogen) atoms. The Labute approximate surface area is 154 Å². The van der Waals surface area contributed by atoms with Gasteiger partial charge in [0.15, 0.2) is 0 Å². The molecule has 0 spiro atoms. The number of hydrogen-bond acceptors (Lipinski definition) is 5. The van der Waals surface area contributed by atoms with Gasteiger partial charge >= 0.3 is 0 Å². The van der Waals surface area contributed by atoms with Gasteiger partial charge in [-0.1, -0.05) is 11.6 Å². The highest BCUT2D eigenvalue weighted by Crippen LogP contribution is 2.24. The highest BCUT2D eigenvalue weighted by Gasteiger charge is 2.24. The summed E-state index contributed by atoms with van der Waals surface area (Å²) < 4.78 is 0. The van der Waals surface area contributed by atoms with Gasteiger partial charge in [-0.05, 0) is 30.3 Å². The molecule has 0 saturated carbocycles. The van der Waals surface area contributed by atoms with E-state index in [0.717, 1.165) is 4.90 Å². The molecule has 1 aromatic heterocycles. The summed E-state index contributed by atoms with van der Waals surface area (Å²) in [6.07, 6.45) is 4.48. The second kappa shape index (κ2) is 7.37. The largest absolute Gasteiger partial charge is 0.357 e. The van der Waals surface area contributed by atoms with Gasteiger partial charge in [-0.2, -0.15) is 0 Å². The van der Waals surface area contributed by atoms with Gasteiger partial charge in [0, 0.05) is 30.6 Å². The topological polar surface area (TPSA) is 91.4 Å². The maximum absolute atomic E-state index is 12.4. The molecule has 2 heterocycles. The Hall–Kier alpha value is -3.19. The molecule has 3 amide bonds. The summed E-state index contributed by atoms with van der Waals surface area (Å²) in [5, 5.41) is 6.04. The summed E-state index contributed by atoms with van der Waals surface area (Å²) in [7, 11) is 0. The van der Waals surface area contributed by atoms with E-state index in [1.165, 1.54) is 19.2 Å². The third-order valence-corrected chi connectivity index (χ3v) is 4.04. The molecule has 0 radical (unpaired) electrons. The maximum atomic E-state index is 12.4. The summed E-state index contributed by atoms with van der Waals surface area (Å²) >= 11 is 6.14. The SMILES string of the molecule is CC(=O)N1CC(Nc2ccc(Cl)c(C(=O)Nc3cccnc3)c2)=CC1=O. The summed E-state index contributed by atoms with van der Waals surface area (Å²) in [4.78, 5) is 40.6. The molecule has 132 valence electrons. The molecular weight excluding hydrogens is 356 g/mol. The van der Waals surface area contributed by atoms with Gasteiger partial charge in [0.25, 0.3) is 11.8 Å². The fourth-order valence-corrected chi connectivity index (χ4v) is 2.66. The third-order valence-electron chi connectivity index (χ3n) is 3.71. The number of anilines is 2. The number of carbonyl (C=O) groups is 3. The molecule has 7 nitrogen and oxygen atoms in total. The summed E-state index contributed by atoms with van der Waals surface area (Å²) in [6.45, 7) is 1.49. The van der Waals surface area contributed by atoms with Crippen molar-refractivity contribution < 1.29 is 14.4 Å². The normalized spacial score (nSPS) is 13.4. The molecule has 2 N–H and O–H groups in total. The number of benzene rings is 1. The number of hydrogen-bond donors (Lipinski definition) is 2. The molecule has 0 fully saturated rings. The molecule has 3 rings (SSSR count). The molecule has 1 aliphatic heterocycles. The molecule has 0 atom stereocenters. The third kappa shape index (κ3) is 3.89. The van der Waals surface area contributed by atoms with E-state index in [1.54, 1.807) is 36.5 Å². The average Bonchev–Trinajstić information content (AvgIpc) is 2.98. The van der Waals surface area contributed by atoms with Gasteiger partial charge in [-0.3, -0.25) is 24.3 Å². The monoisotopic (exact) mass is 370 g/mol. The zero-order valence-electron chi connectivity index (χ0n) is 13.8. The van der Waals surface area contributed by atoms with Crippen LogP contribution in [-0.4, -0.2) is 34.2 Å². The first kappa shape index (κ1) is 17.6. The van der Waals surface area contributed by atoms with E-state index in [4.69, 9.17) is 11.6 Å². The number of amides is 3. The molecular formula is C18H15ClN4O3. The van der Waals surface area contributed by atoms with Gasteiger partial charge in [0.05, 0.1) is 29.0 Å². The molecule has 1 aromatic carbocycles. The second-order valence-corrected chi connectivity index (χ2v) is 6.04. The van der Waals surface area contributed by atoms with Gasteiger partial charge < -0.3 is 10.6 Å². The maximum Gasteiger partial charge on any atom is 0.257 e. The van der Waals surface area contributed by atoms with E-state index in [0.29, 0.717) is 22.1 Å². The number of halogens is 1. The lowest BCUT2D eigenvalue weighted by atomic mass is 10.1. The van der Waals surface area contributed by atoms with Crippen LogP contribution in [0.5, 0.6) is 0 Å². The van der Waals surface area contributed by atoms with Gasteiger partial charge in [0.2, 0.25) is 5.91 Å². The minimum absolute atomic E-state index is 0.161. The molecule has 0 bridgehead atoms. The summed E-state index contributed by atoms with van der Waals surface area (Å²) in [5.41, 5.74) is 1.96. The number of aromatic nitrogens is 1. The van der Waals surface area contributed by atoms with Crippen LogP contribution in [0.2, 0.25) is 5.02 Å². The fourth-order valence-electron chi connectivity index (χ4n) is 2.46. The lowest BCUT2D eigenvalue weighted by Gasteiger charge is -2.13. The second-order valence-electron chi connectivity index (χ2n) is 5.63. The number of carbonyl (C=O) groups excluding carboxylic acids is 3. The molecule has 2 aromatic rings. The van der Waals surface area contributed by atoms with Crippen molar-refractivity contribution in [1.82, 2.24) is 9.88 Å². The Morgan fingerprint density at radius 1 is 1.23 bits per heavy atom. The minimum Gasteiger partial charge on any atom is -0.357 e. The van der Waals surface area contributed by atoms with Crippen LogP contribution in [0.4, 0.5) is 11.4 Å². The van der Waals surface area contributed by atoms with E-state index in [-0.39, 0.29) is 29.8 Å². The van der Waals surface area contributed by atoms with E-state index in [9.17, 15) is 14.4 Å². The Kier molecular flexibility index (Phi) is 4.99. The van der Waals surface area contributed by atoms with Crippen LogP contribution in [0.1, 0.15) is 17.3 Å². The van der Waals surface area contributed by atoms with Crippen molar-refractivity contribution >= 4 is 40.7 Å². The molecule has 1 aliphatic rings.